The number of ketones is 1. The van der Waals surface area contributed by atoms with Gasteiger partial charge in [-0.15, -0.1) is 0 Å². The molecule has 2 atom stereocenters. The van der Waals surface area contributed by atoms with Gasteiger partial charge in [-0.05, 0) is 55.4 Å². The van der Waals surface area contributed by atoms with Gasteiger partial charge in [-0.25, -0.2) is 0 Å². The summed E-state index contributed by atoms with van der Waals surface area (Å²) in [5, 5.41) is 0. The van der Waals surface area contributed by atoms with Gasteiger partial charge in [0, 0.05) is 0 Å². The maximum Gasteiger partial charge on any atom is 0.309 e. The van der Waals surface area contributed by atoms with Crippen LogP contribution in [0.4, 0.5) is 0 Å². The Kier molecular flexibility index (Phi) is 5.24. The Morgan fingerprint density at radius 1 is 1.43 bits per heavy atom. The van der Waals surface area contributed by atoms with Crippen LogP contribution >= 0.6 is 23.0 Å². The second-order valence-electron chi connectivity index (χ2n) is 5.36. The number of halogens is 1. The summed E-state index contributed by atoms with van der Waals surface area (Å²) in [7, 11) is 1.43. The zero-order valence-corrected chi connectivity index (χ0v) is 14.6. The van der Waals surface area contributed by atoms with E-state index in [2.05, 4.69) is 0 Å². The Hall–Kier alpha value is -1.11. The number of hydrogen-bond donors (Lipinski definition) is 0. The van der Waals surface area contributed by atoms with E-state index in [0.717, 1.165) is 24.8 Å². The van der Waals surface area contributed by atoms with Crippen molar-refractivity contribution in [1.29, 1.82) is 0 Å². The first kappa shape index (κ1) is 16.3. The summed E-state index contributed by atoms with van der Waals surface area (Å²) in [5.41, 5.74) is 2.84. The van der Waals surface area contributed by atoms with E-state index in [1.165, 1.54) is 19.6 Å². The van der Waals surface area contributed by atoms with E-state index in [-0.39, 0.29) is 23.6 Å². The highest BCUT2D eigenvalue weighted by Gasteiger charge is 2.35. The molecular formula is C16H19IO4. The maximum atomic E-state index is 12.0. The maximum absolute atomic E-state index is 12.0. The van der Waals surface area contributed by atoms with Crippen LogP contribution in [0.5, 0.6) is 5.75 Å². The first-order valence-electron chi connectivity index (χ1n) is 7.07. The number of ether oxygens (including phenoxy) is 1. The third-order valence-corrected chi connectivity index (χ3v) is 4.73. The minimum atomic E-state index is -0.172. The molecule has 0 radical (unpaired) electrons. The molecule has 0 fully saturated rings. The molecule has 0 amide bonds. The molecule has 21 heavy (non-hydrogen) atoms. The van der Waals surface area contributed by atoms with E-state index < -0.39 is 0 Å². The van der Waals surface area contributed by atoms with Crippen LogP contribution in [0.1, 0.15) is 54.1 Å². The second kappa shape index (κ2) is 6.77. The Bertz CT molecular complexity index is 568. The van der Waals surface area contributed by atoms with Gasteiger partial charge in [-0.2, -0.15) is 0 Å². The van der Waals surface area contributed by atoms with Crippen LogP contribution in [0.25, 0.3) is 0 Å². The van der Waals surface area contributed by atoms with Gasteiger partial charge in [-0.3, -0.25) is 9.59 Å². The summed E-state index contributed by atoms with van der Waals surface area (Å²) >= 11 is 1.79. The monoisotopic (exact) mass is 402 g/mol. The highest BCUT2D eigenvalue weighted by molar-refractivity contribution is 14.1. The fourth-order valence-corrected chi connectivity index (χ4v) is 3.55. The normalized spacial score (nSPS) is 18.0. The van der Waals surface area contributed by atoms with Crippen LogP contribution in [0.3, 0.4) is 0 Å². The lowest BCUT2D eigenvalue weighted by atomic mass is 9.84. The van der Waals surface area contributed by atoms with Crippen molar-refractivity contribution in [3.63, 3.8) is 0 Å². The zero-order chi connectivity index (χ0) is 15.6. The van der Waals surface area contributed by atoms with Crippen molar-refractivity contribution in [3.05, 3.63) is 28.8 Å². The lowest BCUT2D eigenvalue weighted by Crippen LogP contribution is -2.22. The summed E-state index contributed by atoms with van der Waals surface area (Å²) in [4.78, 5) is 23.8. The van der Waals surface area contributed by atoms with E-state index in [0.29, 0.717) is 11.3 Å². The van der Waals surface area contributed by atoms with Crippen molar-refractivity contribution >= 4 is 34.8 Å². The molecule has 0 aliphatic heterocycles. The molecule has 0 saturated heterocycles. The van der Waals surface area contributed by atoms with Crippen molar-refractivity contribution in [2.24, 2.45) is 5.92 Å². The molecule has 5 heteroatoms. The number of methoxy groups -OCH3 is 1. The van der Waals surface area contributed by atoms with Crippen LogP contribution in [0.2, 0.25) is 0 Å². The fourth-order valence-electron chi connectivity index (χ4n) is 3.19. The highest BCUT2D eigenvalue weighted by atomic mass is 127. The first-order valence-corrected chi connectivity index (χ1v) is 7.95. The smallest absolute Gasteiger partial charge is 0.309 e. The summed E-state index contributed by atoms with van der Waals surface area (Å²) in [6.45, 7) is 3.52. The van der Waals surface area contributed by atoms with E-state index in [1.807, 2.05) is 19.1 Å². The minimum Gasteiger partial charge on any atom is -0.469 e. The Labute approximate surface area is 138 Å². The Morgan fingerprint density at radius 3 is 2.67 bits per heavy atom. The molecular weight excluding hydrogens is 383 g/mol. The molecule has 1 aromatic rings. The topological polar surface area (TPSA) is 52.6 Å². The predicted octanol–water partition coefficient (Wildman–Crippen LogP) is 3.85. The molecule has 1 aliphatic rings. The van der Waals surface area contributed by atoms with E-state index >= 15 is 0 Å². The minimum absolute atomic E-state index is 0.0266. The summed E-state index contributed by atoms with van der Waals surface area (Å²) in [6, 6.07) is 3.83. The standard InChI is InChI=1S/C16H19IO4/c1-4-11(16(19)20-3)12-6-5-10-7-15(21-17)13(9(2)18)8-14(10)12/h7-8,11-12H,4-6H2,1-3H3. The third kappa shape index (κ3) is 3.07. The molecule has 1 aromatic carbocycles. The highest BCUT2D eigenvalue weighted by Crippen LogP contribution is 2.43. The molecule has 2 rings (SSSR count). The zero-order valence-electron chi connectivity index (χ0n) is 12.4. The van der Waals surface area contributed by atoms with E-state index in [1.54, 1.807) is 23.0 Å². The number of benzene rings is 1. The first-order chi connectivity index (χ1) is 10.0. The molecule has 0 aromatic heterocycles. The van der Waals surface area contributed by atoms with Gasteiger partial charge in [0.1, 0.15) is 5.75 Å². The molecule has 4 nitrogen and oxygen atoms in total. The Balaban J connectivity index is 2.45. The molecule has 2 unspecified atom stereocenters. The van der Waals surface area contributed by atoms with Crippen molar-refractivity contribution in [3.8, 4) is 5.75 Å². The SMILES string of the molecule is CCC(C(=O)OC)C1CCc2cc(OI)c(C(C)=O)cc21. The fraction of sp³-hybridized carbons (Fsp3) is 0.500. The second-order valence-corrected chi connectivity index (χ2v) is 5.80. The van der Waals surface area contributed by atoms with E-state index in [4.69, 9.17) is 7.80 Å². The number of carbonyl (C=O) groups is 2. The van der Waals surface area contributed by atoms with Crippen LogP contribution in [0, 0.1) is 5.92 Å². The third-order valence-electron chi connectivity index (χ3n) is 4.26. The molecule has 0 saturated carbocycles. The van der Waals surface area contributed by atoms with Gasteiger partial charge >= 0.3 is 5.97 Å². The van der Waals surface area contributed by atoms with Crippen LogP contribution in [-0.2, 0) is 16.0 Å². The molecule has 0 spiro atoms. The Morgan fingerprint density at radius 2 is 2.14 bits per heavy atom. The van der Waals surface area contributed by atoms with Crippen LogP contribution < -0.4 is 3.07 Å². The molecule has 114 valence electrons. The van der Waals surface area contributed by atoms with Gasteiger partial charge in [0.25, 0.3) is 0 Å². The number of rotatable bonds is 5. The number of fused-ring (bicyclic) bond motifs is 1. The van der Waals surface area contributed by atoms with Gasteiger partial charge in [0.15, 0.2) is 28.8 Å². The summed E-state index contributed by atoms with van der Waals surface area (Å²) < 4.78 is 10.2. The van der Waals surface area contributed by atoms with Crippen molar-refractivity contribution in [2.75, 3.05) is 7.11 Å². The number of Topliss-reactive ketones (excluding diaryl/α,β-unsaturated/α-hetero) is 1. The molecule has 1 aliphatic carbocycles. The van der Waals surface area contributed by atoms with Gasteiger partial charge < -0.3 is 7.80 Å². The lowest BCUT2D eigenvalue weighted by molar-refractivity contribution is -0.146. The lowest BCUT2D eigenvalue weighted by Gasteiger charge is -2.21. The van der Waals surface area contributed by atoms with Crippen molar-refractivity contribution < 1.29 is 17.4 Å². The van der Waals surface area contributed by atoms with Crippen molar-refractivity contribution in [2.45, 2.75) is 39.0 Å². The van der Waals surface area contributed by atoms with E-state index in [9.17, 15) is 9.59 Å². The van der Waals surface area contributed by atoms with Crippen LogP contribution in [0.15, 0.2) is 12.1 Å². The summed E-state index contributed by atoms with van der Waals surface area (Å²) in [6.07, 6.45) is 2.54. The number of aryl methyl sites for hydroxylation is 1. The van der Waals surface area contributed by atoms with Crippen molar-refractivity contribution in [1.82, 2.24) is 0 Å². The van der Waals surface area contributed by atoms with Gasteiger partial charge in [0.05, 0.1) is 18.6 Å². The molecule has 0 bridgehead atoms. The molecule has 0 heterocycles. The quantitative estimate of drug-likeness (QED) is 0.427. The van der Waals surface area contributed by atoms with Gasteiger partial charge in [0.2, 0.25) is 0 Å². The summed E-state index contributed by atoms with van der Waals surface area (Å²) in [5.74, 6) is 0.380. The van der Waals surface area contributed by atoms with Crippen LogP contribution in [-0.4, -0.2) is 18.9 Å². The predicted molar refractivity (Wildman–Crippen MR) is 88.0 cm³/mol. The average molecular weight is 402 g/mol. The largest absolute Gasteiger partial charge is 0.469 e. The average Bonchev–Trinajstić information content (AvgIpc) is 2.89. The molecule has 0 N–H and O–H groups in total. The van der Waals surface area contributed by atoms with Gasteiger partial charge in [-0.1, -0.05) is 6.92 Å². The number of esters is 1. The number of hydrogen-bond acceptors (Lipinski definition) is 4. The number of carbonyl (C=O) groups excluding carboxylic acids is 2.